The van der Waals surface area contributed by atoms with Crippen molar-refractivity contribution in [1.29, 1.82) is 0 Å². The average Bonchev–Trinajstić information content (AvgIpc) is 2.64. The molecule has 0 N–H and O–H groups in total. The zero-order valence-corrected chi connectivity index (χ0v) is 9.05. The fourth-order valence-electron chi connectivity index (χ4n) is 2.09. The summed E-state index contributed by atoms with van der Waals surface area (Å²) in [6.45, 7) is 0. The molecule has 0 amide bonds. The van der Waals surface area contributed by atoms with Gasteiger partial charge in [-0.2, -0.15) is 13.2 Å². The van der Waals surface area contributed by atoms with Gasteiger partial charge in [0.1, 0.15) is 0 Å². The molecular weight excluding hydrogens is 245 g/mol. The fourth-order valence-corrected chi connectivity index (χ4v) is 2.21. The number of halogens is 4. The van der Waals surface area contributed by atoms with E-state index in [1.807, 2.05) is 0 Å². The molecule has 0 radical (unpaired) electrons. The van der Waals surface area contributed by atoms with Gasteiger partial charge in [0, 0.05) is 5.92 Å². The first-order valence-electron chi connectivity index (χ1n) is 5.02. The van der Waals surface area contributed by atoms with Crippen LogP contribution in [-0.2, 0) is 0 Å². The van der Waals surface area contributed by atoms with Gasteiger partial charge < -0.3 is 4.42 Å². The summed E-state index contributed by atoms with van der Waals surface area (Å²) in [6.07, 6.45) is -2.77. The largest absolute Gasteiger partial charge is 0.412 e. The molecule has 2 unspecified atom stereocenters. The molecule has 7 heteroatoms. The highest BCUT2D eigenvalue weighted by atomic mass is 35.5. The van der Waals surface area contributed by atoms with Crippen molar-refractivity contribution in [3.05, 3.63) is 11.2 Å². The quantitative estimate of drug-likeness (QED) is 0.769. The number of aromatic nitrogens is 2. The van der Waals surface area contributed by atoms with Crippen LogP contribution in [0.5, 0.6) is 0 Å². The zero-order valence-electron chi connectivity index (χ0n) is 8.30. The smallest absolute Gasteiger partial charge is 0.391 e. The third-order valence-corrected chi connectivity index (χ3v) is 3.06. The van der Waals surface area contributed by atoms with Gasteiger partial charge in [-0.25, -0.2) is 0 Å². The molecule has 3 nitrogen and oxygen atoms in total. The summed E-state index contributed by atoms with van der Waals surface area (Å²) in [7, 11) is 0. The van der Waals surface area contributed by atoms with Crippen molar-refractivity contribution in [3.63, 3.8) is 0 Å². The number of hydrogen-bond donors (Lipinski definition) is 0. The summed E-state index contributed by atoms with van der Waals surface area (Å²) < 4.78 is 42.6. The van der Waals surface area contributed by atoms with Gasteiger partial charge >= 0.3 is 11.5 Å². The second-order valence-corrected chi connectivity index (χ2v) is 4.32. The fraction of sp³-hybridized carbons (Fsp3) is 0.778. The lowest BCUT2D eigenvalue weighted by Crippen LogP contribution is -2.28. The van der Waals surface area contributed by atoms with E-state index in [-0.39, 0.29) is 30.0 Å². The van der Waals surface area contributed by atoms with Crippen LogP contribution in [0.4, 0.5) is 13.2 Å². The molecule has 0 aromatic carbocycles. The monoisotopic (exact) mass is 254 g/mol. The highest BCUT2D eigenvalue weighted by molar-refractivity contribution is 6.27. The molecule has 0 spiro atoms. The molecule has 2 atom stereocenters. The summed E-state index contributed by atoms with van der Waals surface area (Å²) >= 11 is 5.44. The van der Waals surface area contributed by atoms with Gasteiger partial charge in [-0.05, 0) is 30.9 Å². The van der Waals surface area contributed by atoms with Crippen LogP contribution in [0.15, 0.2) is 4.42 Å². The molecule has 1 aliphatic carbocycles. The molecule has 90 valence electrons. The maximum atomic E-state index is 12.5. The molecule has 0 saturated heterocycles. The molecule has 1 aliphatic rings. The molecule has 16 heavy (non-hydrogen) atoms. The van der Waals surface area contributed by atoms with Crippen molar-refractivity contribution >= 4 is 11.6 Å². The first kappa shape index (κ1) is 11.7. The van der Waals surface area contributed by atoms with Gasteiger partial charge in [0.2, 0.25) is 5.89 Å². The third-order valence-electron chi connectivity index (χ3n) is 2.90. The Morgan fingerprint density at radius 1 is 1.25 bits per heavy atom. The van der Waals surface area contributed by atoms with Crippen LogP contribution < -0.4 is 0 Å². The Morgan fingerprint density at radius 2 is 2.00 bits per heavy atom. The molecule has 0 aliphatic heterocycles. The summed E-state index contributed by atoms with van der Waals surface area (Å²) in [4.78, 5) is 0. The van der Waals surface area contributed by atoms with Gasteiger partial charge in [-0.15, -0.1) is 5.10 Å². The molecule has 0 bridgehead atoms. The summed E-state index contributed by atoms with van der Waals surface area (Å²) in [5.41, 5.74) is 0. The second-order valence-electron chi connectivity index (χ2n) is 4.00. The minimum atomic E-state index is -4.14. The topological polar surface area (TPSA) is 38.9 Å². The van der Waals surface area contributed by atoms with Crippen LogP contribution in [-0.4, -0.2) is 16.4 Å². The number of nitrogens with zero attached hydrogens (tertiary/aromatic N) is 2. The lowest BCUT2D eigenvalue weighted by atomic mass is 9.81. The van der Waals surface area contributed by atoms with Crippen LogP contribution in [0.2, 0.25) is 5.35 Å². The van der Waals surface area contributed by atoms with Crippen molar-refractivity contribution < 1.29 is 17.6 Å². The molecule has 2 rings (SSSR count). The Balaban J connectivity index is 2.07. The van der Waals surface area contributed by atoms with Gasteiger partial charge in [0.15, 0.2) is 0 Å². The normalized spacial score (nSPS) is 27.0. The van der Waals surface area contributed by atoms with E-state index in [0.717, 1.165) is 0 Å². The van der Waals surface area contributed by atoms with E-state index < -0.39 is 12.1 Å². The summed E-state index contributed by atoms with van der Waals surface area (Å²) in [5.74, 6) is -1.36. The van der Waals surface area contributed by atoms with Crippen molar-refractivity contribution in [2.75, 3.05) is 0 Å². The maximum Gasteiger partial charge on any atom is 0.391 e. The van der Waals surface area contributed by atoms with E-state index in [2.05, 4.69) is 10.2 Å². The Kier molecular flexibility index (Phi) is 3.10. The van der Waals surface area contributed by atoms with Gasteiger partial charge in [-0.1, -0.05) is 11.5 Å². The molecule has 1 aromatic rings. The highest BCUT2D eigenvalue weighted by Gasteiger charge is 2.43. The standard InChI is InChI=1S/C9H10ClF3N2O/c10-8-15-14-7(16-8)5-2-1-3-6(4-5)9(11,12)13/h5-6H,1-4H2. The number of hydrogen-bond acceptors (Lipinski definition) is 3. The molecular formula is C9H10ClF3N2O. The Bertz CT molecular complexity index is 366. The van der Waals surface area contributed by atoms with Crippen LogP contribution in [0, 0.1) is 5.92 Å². The van der Waals surface area contributed by atoms with E-state index in [4.69, 9.17) is 16.0 Å². The van der Waals surface area contributed by atoms with Gasteiger partial charge in [-0.3, -0.25) is 0 Å². The SMILES string of the molecule is FC(F)(F)C1CCCC(c2nnc(Cl)o2)C1. The number of alkyl halides is 3. The van der Waals surface area contributed by atoms with E-state index in [9.17, 15) is 13.2 Å². The minimum absolute atomic E-state index is 0.0159. The van der Waals surface area contributed by atoms with Crippen molar-refractivity contribution in [1.82, 2.24) is 10.2 Å². The predicted molar refractivity (Wildman–Crippen MR) is 50.1 cm³/mol. The first-order valence-corrected chi connectivity index (χ1v) is 5.40. The molecule has 1 aromatic heterocycles. The predicted octanol–water partition coefficient (Wildman–Crippen LogP) is 3.56. The Morgan fingerprint density at radius 3 is 2.56 bits per heavy atom. The van der Waals surface area contributed by atoms with Crippen LogP contribution >= 0.6 is 11.6 Å². The van der Waals surface area contributed by atoms with E-state index in [0.29, 0.717) is 12.8 Å². The summed E-state index contributed by atoms with van der Waals surface area (Å²) in [5, 5.41) is 6.97. The lowest BCUT2D eigenvalue weighted by molar-refractivity contribution is -0.183. The first-order chi connectivity index (χ1) is 7.47. The van der Waals surface area contributed by atoms with Crippen LogP contribution in [0.1, 0.15) is 37.5 Å². The van der Waals surface area contributed by atoms with E-state index >= 15 is 0 Å². The molecule has 1 fully saturated rings. The zero-order chi connectivity index (χ0) is 11.8. The number of rotatable bonds is 1. The Labute approximate surface area is 95.0 Å². The molecule has 1 saturated carbocycles. The van der Waals surface area contributed by atoms with Gasteiger partial charge in [0.05, 0.1) is 5.92 Å². The van der Waals surface area contributed by atoms with Crippen molar-refractivity contribution in [3.8, 4) is 0 Å². The Hall–Kier alpha value is -0.780. The maximum absolute atomic E-state index is 12.5. The minimum Gasteiger partial charge on any atom is -0.412 e. The second kappa shape index (κ2) is 4.24. The van der Waals surface area contributed by atoms with Gasteiger partial charge in [0.25, 0.3) is 0 Å². The summed E-state index contributed by atoms with van der Waals surface area (Å²) in [6, 6.07) is 0. The third kappa shape index (κ3) is 2.48. The van der Waals surface area contributed by atoms with Crippen LogP contribution in [0.3, 0.4) is 0 Å². The highest BCUT2D eigenvalue weighted by Crippen LogP contribution is 2.43. The van der Waals surface area contributed by atoms with Crippen LogP contribution in [0.25, 0.3) is 0 Å². The van der Waals surface area contributed by atoms with Crippen molar-refractivity contribution in [2.24, 2.45) is 5.92 Å². The van der Waals surface area contributed by atoms with E-state index in [1.165, 1.54) is 0 Å². The average molecular weight is 255 g/mol. The molecule has 1 heterocycles. The van der Waals surface area contributed by atoms with E-state index in [1.54, 1.807) is 0 Å². The lowest BCUT2D eigenvalue weighted by Gasteiger charge is -2.28. The van der Waals surface area contributed by atoms with Crippen molar-refractivity contribution in [2.45, 2.75) is 37.8 Å².